The number of hydrogen-bond acceptors (Lipinski definition) is 4. The average Bonchev–Trinajstić information content (AvgIpc) is 3.80. The minimum Gasteiger partial charge on any atom is -0.454 e. The fourth-order valence-corrected chi connectivity index (χ4v) is 8.01. The van der Waals surface area contributed by atoms with Crippen molar-refractivity contribution in [3.8, 4) is 51.0 Å². The number of fused-ring (bicyclic) bond motifs is 7. The van der Waals surface area contributed by atoms with Crippen LogP contribution in [0.15, 0.2) is 186 Å². The molecular formula is C49H30N4O. The third-order valence-corrected chi connectivity index (χ3v) is 10.4. The van der Waals surface area contributed by atoms with Gasteiger partial charge >= 0.3 is 0 Å². The van der Waals surface area contributed by atoms with Crippen molar-refractivity contribution in [2.75, 3.05) is 0 Å². The lowest BCUT2D eigenvalue weighted by atomic mass is 9.95. The van der Waals surface area contributed by atoms with Gasteiger partial charge in [0, 0.05) is 38.2 Å². The summed E-state index contributed by atoms with van der Waals surface area (Å²) in [6.45, 7) is 0. The quantitative estimate of drug-likeness (QED) is 0.180. The summed E-state index contributed by atoms with van der Waals surface area (Å²) < 4.78 is 9.34. The van der Waals surface area contributed by atoms with Gasteiger partial charge in [0.1, 0.15) is 5.58 Å². The van der Waals surface area contributed by atoms with Gasteiger partial charge < -0.3 is 8.98 Å². The molecule has 0 N–H and O–H groups in total. The first-order chi connectivity index (χ1) is 26.8. The van der Waals surface area contributed by atoms with Crippen molar-refractivity contribution in [3.05, 3.63) is 182 Å². The summed E-state index contributed by atoms with van der Waals surface area (Å²) in [7, 11) is 0. The smallest absolute Gasteiger partial charge is 0.164 e. The first-order valence-electron chi connectivity index (χ1n) is 18.1. The lowest BCUT2D eigenvalue weighted by Gasteiger charge is -2.13. The van der Waals surface area contributed by atoms with E-state index in [0.717, 1.165) is 66.5 Å². The first-order valence-corrected chi connectivity index (χ1v) is 18.1. The monoisotopic (exact) mass is 690 g/mol. The van der Waals surface area contributed by atoms with Crippen LogP contribution in [0.1, 0.15) is 0 Å². The van der Waals surface area contributed by atoms with E-state index in [2.05, 4.69) is 114 Å². The minimum atomic E-state index is 0.588. The van der Waals surface area contributed by atoms with Crippen LogP contribution < -0.4 is 0 Å². The van der Waals surface area contributed by atoms with Crippen LogP contribution in [0.5, 0.6) is 0 Å². The molecule has 0 unspecified atom stereocenters. The SMILES string of the molecule is c1ccc(-c2nc(-c3ccccc3)nc(-c3cccc4oc5c(-n6c7ccccc7c7ccccc76)cc(-c6cccc7ccccc67)cc5c34)n2)cc1. The van der Waals surface area contributed by atoms with Crippen LogP contribution >= 0.6 is 0 Å². The Kier molecular flexibility index (Phi) is 6.79. The number of aromatic nitrogens is 4. The Morgan fingerprint density at radius 1 is 0.389 bits per heavy atom. The molecule has 0 amide bonds. The Labute approximate surface area is 310 Å². The first kappa shape index (κ1) is 30.3. The molecule has 54 heavy (non-hydrogen) atoms. The van der Waals surface area contributed by atoms with Crippen LogP contribution in [0.2, 0.25) is 0 Å². The fourth-order valence-electron chi connectivity index (χ4n) is 8.01. The lowest BCUT2D eigenvalue weighted by molar-refractivity contribution is 0.666. The molecule has 0 bridgehead atoms. The van der Waals surface area contributed by atoms with Crippen LogP contribution in [0, 0.1) is 0 Å². The summed E-state index contributed by atoms with van der Waals surface area (Å²) >= 11 is 0. The molecule has 0 saturated heterocycles. The average molecular weight is 691 g/mol. The van der Waals surface area contributed by atoms with Crippen LogP contribution in [0.3, 0.4) is 0 Å². The number of para-hydroxylation sites is 2. The molecule has 11 rings (SSSR count). The van der Waals surface area contributed by atoms with E-state index in [-0.39, 0.29) is 0 Å². The topological polar surface area (TPSA) is 56.7 Å². The summed E-state index contributed by atoms with van der Waals surface area (Å²) in [5.41, 5.74) is 9.76. The minimum absolute atomic E-state index is 0.588. The molecule has 8 aromatic carbocycles. The molecule has 0 fully saturated rings. The number of nitrogens with zero attached hydrogens (tertiary/aromatic N) is 4. The predicted octanol–water partition coefficient (Wildman–Crippen LogP) is 12.7. The van der Waals surface area contributed by atoms with E-state index in [1.165, 1.54) is 21.5 Å². The van der Waals surface area contributed by atoms with E-state index in [0.29, 0.717) is 17.5 Å². The number of hydrogen-bond donors (Lipinski definition) is 0. The Morgan fingerprint density at radius 2 is 0.926 bits per heavy atom. The van der Waals surface area contributed by atoms with E-state index in [1.807, 2.05) is 72.8 Å². The van der Waals surface area contributed by atoms with Crippen molar-refractivity contribution >= 4 is 54.5 Å². The second-order valence-corrected chi connectivity index (χ2v) is 13.6. The predicted molar refractivity (Wildman–Crippen MR) is 221 cm³/mol. The second-order valence-electron chi connectivity index (χ2n) is 13.6. The molecule has 5 nitrogen and oxygen atoms in total. The highest BCUT2D eigenvalue weighted by Gasteiger charge is 2.23. The van der Waals surface area contributed by atoms with Crippen LogP contribution in [0.4, 0.5) is 0 Å². The zero-order valence-electron chi connectivity index (χ0n) is 29.0. The van der Waals surface area contributed by atoms with Crippen molar-refractivity contribution in [1.29, 1.82) is 0 Å². The van der Waals surface area contributed by atoms with Gasteiger partial charge in [0.2, 0.25) is 0 Å². The fraction of sp³-hybridized carbons (Fsp3) is 0. The number of rotatable bonds is 5. The van der Waals surface area contributed by atoms with Crippen LogP contribution in [-0.4, -0.2) is 19.5 Å². The van der Waals surface area contributed by atoms with Gasteiger partial charge in [-0.1, -0.05) is 152 Å². The standard InChI is InChI=1S/C49H30N4O/c1-3-16-32(17-4-1)47-50-48(33-18-5-2-6-19-33)52-49(51-47)39-25-14-28-44-45(39)40-29-34(36-24-13-20-31-15-7-8-21-35(31)36)30-43(46(40)54-44)53-41-26-11-9-22-37(41)38-23-10-12-27-42(38)53/h1-30H. The Morgan fingerprint density at radius 3 is 1.61 bits per heavy atom. The maximum absolute atomic E-state index is 6.98. The second kappa shape index (κ2) is 12.1. The van der Waals surface area contributed by atoms with Gasteiger partial charge in [-0.05, 0) is 52.2 Å². The van der Waals surface area contributed by atoms with E-state index in [9.17, 15) is 0 Å². The molecular weight excluding hydrogens is 661 g/mol. The van der Waals surface area contributed by atoms with E-state index >= 15 is 0 Å². The van der Waals surface area contributed by atoms with Crippen molar-refractivity contribution in [2.45, 2.75) is 0 Å². The van der Waals surface area contributed by atoms with Gasteiger partial charge in [-0.15, -0.1) is 0 Å². The van der Waals surface area contributed by atoms with E-state index < -0.39 is 0 Å². The Bertz CT molecular complexity index is 3100. The van der Waals surface area contributed by atoms with Crippen molar-refractivity contribution < 1.29 is 4.42 Å². The molecule has 0 aliphatic rings. The zero-order valence-corrected chi connectivity index (χ0v) is 29.0. The summed E-state index contributed by atoms with van der Waals surface area (Å²) in [5.74, 6) is 1.82. The molecule has 3 heterocycles. The summed E-state index contributed by atoms with van der Waals surface area (Å²) in [4.78, 5) is 15.3. The van der Waals surface area contributed by atoms with Crippen LogP contribution in [0.25, 0.3) is 105 Å². The molecule has 252 valence electrons. The molecule has 11 aromatic rings. The summed E-state index contributed by atoms with van der Waals surface area (Å²) in [5, 5.41) is 6.73. The van der Waals surface area contributed by atoms with Crippen LogP contribution in [-0.2, 0) is 0 Å². The molecule has 0 atom stereocenters. The molecule has 0 aliphatic heterocycles. The van der Waals surface area contributed by atoms with Crippen molar-refractivity contribution in [3.63, 3.8) is 0 Å². The van der Waals surface area contributed by atoms with Gasteiger partial charge in [0.05, 0.1) is 16.7 Å². The molecule has 0 aliphatic carbocycles. The number of furan rings is 1. The van der Waals surface area contributed by atoms with Crippen molar-refractivity contribution in [1.82, 2.24) is 19.5 Å². The van der Waals surface area contributed by atoms with Crippen molar-refractivity contribution in [2.24, 2.45) is 0 Å². The van der Waals surface area contributed by atoms with Gasteiger partial charge in [0.25, 0.3) is 0 Å². The summed E-state index contributed by atoms with van der Waals surface area (Å²) in [6.07, 6.45) is 0. The summed E-state index contributed by atoms with van der Waals surface area (Å²) in [6, 6.07) is 63.3. The number of benzene rings is 8. The van der Waals surface area contributed by atoms with E-state index in [1.54, 1.807) is 0 Å². The normalized spacial score (nSPS) is 11.7. The maximum Gasteiger partial charge on any atom is 0.164 e. The van der Waals surface area contributed by atoms with Gasteiger partial charge in [-0.3, -0.25) is 0 Å². The molecule has 5 heteroatoms. The largest absolute Gasteiger partial charge is 0.454 e. The molecule has 0 spiro atoms. The third-order valence-electron chi connectivity index (χ3n) is 10.4. The lowest BCUT2D eigenvalue weighted by Crippen LogP contribution is -2.00. The highest BCUT2D eigenvalue weighted by molar-refractivity contribution is 6.17. The Balaban J connectivity index is 1.26. The molecule has 0 radical (unpaired) electrons. The highest BCUT2D eigenvalue weighted by atomic mass is 16.3. The molecule has 3 aromatic heterocycles. The van der Waals surface area contributed by atoms with Gasteiger partial charge in [-0.2, -0.15) is 0 Å². The maximum atomic E-state index is 6.98. The highest BCUT2D eigenvalue weighted by Crippen LogP contribution is 2.44. The van der Waals surface area contributed by atoms with Gasteiger partial charge in [-0.25, -0.2) is 15.0 Å². The Hall–Kier alpha value is -7.37. The zero-order chi connectivity index (χ0) is 35.6. The molecule has 0 saturated carbocycles. The van der Waals surface area contributed by atoms with E-state index in [4.69, 9.17) is 19.4 Å². The third kappa shape index (κ3) is 4.76. The van der Waals surface area contributed by atoms with Gasteiger partial charge in [0.15, 0.2) is 23.1 Å².